The molecule has 0 aromatic heterocycles. The van der Waals surface area contributed by atoms with Gasteiger partial charge in [0.2, 0.25) is 0 Å². The maximum absolute atomic E-state index is 12.1. The third-order valence-corrected chi connectivity index (χ3v) is 3.36. The molecule has 0 radical (unpaired) electrons. The number of nitrogens with one attached hydrogen (secondary N) is 1. The summed E-state index contributed by atoms with van der Waals surface area (Å²) < 4.78 is 10.5. The van der Waals surface area contributed by atoms with E-state index < -0.39 is 29.5 Å². The van der Waals surface area contributed by atoms with Crippen molar-refractivity contribution < 1.29 is 24.0 Å². The van der Waals surface area contributed by atoms with Gasteiger partial charge in [-0.2, -0.15) is 0 Å². The largest absolute Gasteiger partial charge is 0.479 e. The Labute approximate surface area is 149 Å². The molecule has 2 aromatic carbocycles. The number of amides is 1. The minimum atomic E-state index is -0.815. The molecule has 0 saturated heterocycles. The van der Waals surface area contributed by atoms with Crippen molar-refractivity contribution in [2.24, 2.45) is 0 Å². The van der Waals surface area contributed by atoms with Gasteiger partial charge in [0.05, 0.1) is 4.92 Å². The summed E-state index contributed by atoms with van der Waals surface area (Å²) in [6.45, 7) is 1.29. The van der Waals surface area contributed by atoms with Crippen LogP contribution in [0.2, 0.25) is 0 Å². The van der Waals surface area contributed by atoms with E-state index in [0.717, 1.165) is 0 Å². The van der Waals surface area contributed by atoms with Gasteiger partial charge in [-0.15, -0.1) is 0 Å². The molecule has 1 amide bonds. The second-order valence-corrected chi connectivity index (χ2v) is 5.29. The van der Waals surface area contributed by atoms with Gasteiger partial charge in [-0.3, -0.25) is 14.9 Å². The molecule has 0 heterocycles. The molecular formula is C18H18N2O6. The Morgan fingerprint density at radius 2 is 1.77 bits per heavy atom. The van der Waals surface area contributed by atoms with Crippen LogP contribution in [0.3, 0.4) is 0 Å². The number of ether oxygens (including phenoxy) is 2. The van der Waals surface area contributed by atoms with E-state index in [1.807, 2.05) is 6.07 Å². The summed E-state index contributed by atoms with van der Waals surface area (Å²) >= 11 is 0. The van der Waals surface area contributed by atoms with Gasteiger partial charge in [0.25, 0.3) is 11.6 Å². The van der Waals surface area contributed by atoms with E-state index >= 15 is 0 Å². The SMILES string of the molecule is CC[C@H](Oc1ccccc1)C(=O)OCC(=O)Nc1ccc([N+](=O)[O-])cc1. The molecule has 0 aliphatic carbocycles. The number of nitro groups is 1. The first-order valence-electron chi connectivity index (χ1n) is 7.92. The van der Waals surface area contributed by atoms with E-state index in [1.54, 1.807) is 31.2 Å². The lowest BCUT2D eigenvalue weighted by Crippen LogP contribution is -2.31. The van der Waals surface area contributed by atoms with Gasteiger partial charge in [-0.05, 0) is 30.7 Å². The van der Waals surface area contributed by atoms with E-state index in [0.29, 0.717) is 17.9 Å². The summed E-state index contributed by atoms with van der Waals surface area (Å²) in [5.74, 6) is -0.663. The van der Waals surface area contributed by atoms with Crippen molar-refractivity contribution in [3.05, 3.63) is 64.7 Å². The number of nitrogens with zero attached hydrogens (tertiary/aromatic N) is 1. The fourth-order valence-electron chi connectivity index (χ4n) is 2.05. The van der Waals surface area contributed by atoms with Crippen LogP contribution in [0.25, 0.3) is 0 Å². The summed E-state index contributed by atoms with van der Waals surface area (Å²) in [5, 5.41) is 13.1. The van der Waals surface area contributed by atoms with Crippen molar-refractivity contribution in [3.63, 3.8) is 0 Å². The predicted octanol–water partition coefficient (Wildman–Crippen LogP) is 2.93. The number of rotatable bonds is 8. The van der Waals surface area contributed by atoms with Crippen molar-refractivity contribution in [2.45, 2.75) is 19.4 Å². The average Bonchev–Trinajstić information content (AvgIpc) is 2.65. The maximum Gasteiger partial charge on any atom is 0.347 e. The van der Waals surface area contributed by atoms with Crippen LogP contribution in [-0.4, -0.2) is 29.5 Å². The second-order valence-electron chi connectivity index (χ2n) is 5.29. The number of carbonyl (C=O) groups is 2. The number of hydrogen-bond acceptors (Lipinski definition) is 6. The topological polar surface area (TPSA) is 108 Å². The van der Waals surface area contributed by atoms with Crippen LogP contribution in [0.4, 0.5) is 11.4 Å². The minimum absolute atomic E-state index is 0.0849. The summed E-state index contributed by atoms with van der Waals surface area (Å²) in [5.41, 5.74) is 0.280. The standard InChI is InChI=1S/C18H18N2O6/c1-2-16(26-15-6-4-3-5-7-15)18(22)25-12-17(21)19-13-8-10-14(11-9-13)20(23)24/h3-11,16H,2,12H2,1H3,(H,19,21)/t16-/m0/s1. The normalized spacial score (nSPS) is 11.3. The van der Waals surface area contributed by atoms with Gasteiger partial charge < -0.3 is 14.8 Å². The Morgan fingerprint density at radius 1 is 1.12 bits per heavy atom. The molecule has 8 nitrogen and oxygen atoms in total. The van der Waals surface area contributed by atoms with Crippen molar-refractivity contribution in [1.82, 2.24) is 0 Å². The number of benzene rings is 2. The fourth-order valence-corrected chi connectivity index (χ4v) is 2.05. The van der Waals surface area contributed by atoms with Crippen LogP contribution in [0.1, 0.15) is 13.3 Å². The van der Waals surface area contributed by atoms with Gasteiger partial charge in [-0.1, -0.05) is 25.1 Å². The molecule has 136 valence electrons. The van der Waals surface area contributed by atoms with Crippen molar-refractivity contribution >= 4 is 23.3 Å². The monoisotopic (exact) mass is 358 g/mol. The van der Waals surface area contributed by atoms with E-state index in [9.17, 15) is 19.7 Å². The molecule has 2 rings (SSSR count). The number of esters is 1. The highest BCUT2D eigenvalue weighted by molar-refractivity contribution is 5.93. The van der Waals surface area contributed by atoms with Gasteiger partial charge >= 0.3 is 5.97 Å². The van der Waals surface area contributed by atoms with E-state index in [1.165, 1.54) is 24.3 Å². The first kappa shape index (κ1) is 18.9. The van der Waals surface area contributed by atoms with Crippen LogP contribution in [-0.2, 0) is 14.3 Å². The Hall–Kier alpha value is -3.42. The summed E-state index contributed by atoms with van der Waals surface area (Å²) in [6, 6.07) is 14.2. The lowest BCUT2D eigenvalue weighted by molar-refractivity contribution is -0.384. The first-order chi connectivity index (χ1) is 12.5. The molecule has 0 unspecified atom stereocenters. The van der Waals surface area contributed by atoms with E-state index in [4.69, 9.17) is 9.47 Å². The van der Waals surface area contributed by atoms with E-state index in [-0.39, 0.29) is 5.69 Å². The smallest absolute Gasteiger partial charge is 0.347 e. The summed E-state index contributed by atoms with van der Waals surface area (Å²) in [7, 11) is 0. The van der Waals surface area contributed by atoms with Crippen LogP contribution < -0.4 is 10.1 Å². The van der Waals surface area contributed by atoms with Crippen LogP contribution in [0.15, 0.2) is 54.6 Å². The van der Waals surface area contributed by atoms with Crippen LogP contribution in [0.5, 0.6) is 5.75 Å². The van der Waals surface area contributed by atoms with Crippen LogP contribution >= 0.6 is 0 Å². The number of para-hydroxylation sites is 1. The highest BCUT2D eigenvalue weighted by Gasteiger charge is 2.21. The third kappa shape index (κ3) is 5.59. The van der Waals surface area contributed by atoms with Crippen molar-refractivity contribution in [1.29, 1.82) is 0 Å². The highest BCUT2D eigenvalue weighted by Crippen LogP contribution is 2.16. The zero-order valence-corrected chi connectivity index (χ0v) is 14.1. The molecule has 0 bridgehead atoms. The molecule has 0 fully saturated rings. The fraction of sp³-hybridized carbons (Fsp3) is 0.222. The van der Waals surface area contributed by atoms with Crippen molar-refractivity contribution in [3.8, 4) is 5.75 Å². The molecule has 1 N–H and O–H groups in total. The van der Waals surface area contributed by atoms with Crippen LogP contribution in [0, 0.1) is 10.1 Å². The molecule has 0 spiro atoms. The lowest BCUT2D eigenvalue weighted by Gasteiger charge is -2.16. The maximum atomic E-state index is 12.1. The first-order valence-corrected chi connectivity index (χ1v) is 7.92. The Morgan fingerprint density at radius 3 is 2.35 bits per heavy atom. The molecule has 26 heavy (non-hydrogen) atoms. The van der Waals surface area contributed by atoms with Gasteiger partial charge in [0, 0.05) is 17.8 Å². The Kier molecular flexibility index (Phi) is 6.67. The molecule has 0 aliphatic heterocycles. The third-order valence-electron chi connectivity index (χ3n) is 3.36. The van der Waals surface area contributed by atoms with E-state index in [2.05, 4.69) is 5.32 Å². The summed E-state index contributed by atoms with van der Waals surface area (Å²) in [4.78, 5) is 33.9. The van der Waals surface area contributed by atoms with Crippen molar-refractivity contribution in [2.75, 3.05) is 11.9 Å². The number of carbonyl (C=O) groups excluding carboxylic acids is 2. The zero-order chi connectivity index (χ0) is 18.9. The molecule has 8 heteroatoms. The lowest BCUT2D eigenvalue weighted by atomic mass is 10.2. The second kappa shape index (κ2) is 9.16. The molecular weight excluding hydrogens is 340 g/mol. The molecule has 0 aliphatic rings. The molecule has 1 atom stereocenters. The van der Waals surface area contributed by atoms with Gasteiger partial charge in [-0.25, -0.2) is 4.79 Å². The highest BCUT2D eigenvalue weighted by atomic mass is 16.6. The number of hydrogen-bond donors (Lipinski definition) is 1. The summed E-state index contributed by atoms with van der Waals surface area (Å²) in [6.07, 6.45) is -0.429. The van der Waals surface area contributed by atoms with Gasteiger partial charge in [0.15, 0.2) is 12.7 Å². The molecule has 2 aromatic rings. The Balaban J connectivity index is 1.83. The quantitative estimate of drug-likeness (QED) is 0.441. The van der Waals surface area contributed by atoms with Gasteiger partial charge in [0.1, 0.15) is 5.75 Å². The number of nitro benzene ring substituents is 1. The average molecular weight is 358 g/mol. The molecule has 0 saturated carbocycles. The minimum Gasteiger partial charge on any atom is -0.479 e. The number of non-ortho nitro benzene ring substituents is 1. The number of anilines is 1. The Bertz CT molecular complexity index is 761. The predicted molar refractivity (Wildman–Crippen MR) is 93.8 cm³/mol. The zero-order valence-electron chi connectivity index (χ0n) is 14.1.